The van der Waals surface area contributed by atoms with Crippen molar-refractivity contribution < 1.29 is 36.3 Å². The number of rotatable bonds is 10. The Kier molecular flexibility index (Phi) is 8.53. The molecular formula is C28H30O8S. The van der Waals surface area contributed by atoms with Gasteiger partial charge in [0.05, 0.1) is 12.9 Å². The number of ketones is 1. The van der Waals surface area contributed by atoms with Gasteiger partial charge in [-0.3, -0.25) is 8.98 Å². The number of carbonyl (C=O) groups excluding carboxylic acids is 1. The lowest BCUT2D eigenvalue weighted by molar-refractivity contribution is -0.250. The number of benzene rings is 3. The van der Waals surface area contributed by atoms with E-state index < -0.39 is 46.1 Å². The standard InChI is InChI=1S/C28H30O8S/c1-32-25-24(29)23(35-27(33-2)26(25)36-37(3,30)31)19-34-28(20-13-7-4-8-14-20,21-15-9-5-10-16-21)22-17-11-6-12-18-22/h4-18,23,25-27H,19H2,1-3H3/t23-,25+,26-,27+/m1/s1. The van der Waals surface area contributed by atoms with Crippen LogP contribution in [0.25, 0.3) is 0 Å². The van der Waals surface area contributed by atoms with Crippen LogP contribution in [0.15, 0.2) is 91.0 Å². The average Bonchev–Trinajstić information content (AvgIpc) is 2.91. The van der Waals surface area contributed by atoms with Crippen molar-refractivity contribution in [2.75, 3.05) is 27.1 Å². The average molecular weight is 527 g/mol. The molecule has 4 atom stereocenters. The van der Waals surface area contributed by atoms with Crippen LogP contribution in [0.5, 0.6) is 0 Å². The molecule has 0 radical (unpaired) electrons. The van der Waals surface area contributed by atoms with Gasteiger partial charge in [0.1, 0.15) is 11.7 Å². The van der Waals surface area contributed by atoms with E-state index in [1.165, 1.54) is 14.2 Å². The number of methoxy groups -OCH3 is 2. The maximum atomic E-state index is 13.4. The Morgan fingerprint density at radius 3 is 1.62 bits per heavy atom. The molecule has 1 saturated heterocycles. The minimum atomic E-state index is -3.92. The van der Waals surface area contributed by atoms with Crippen molar-refractivity contribution in [2.24, 2.45) is 0 Å². The normalized spacial score (nSPS) is 22.6. The zero-order valence-corrected chi connectivity index (χ0v) is 21.7. The first-order valence-corrected chi connectivity index (χ1v) is 13.6. The molecule has 0 bridgehead atoms. The summed E-state index contributed by atoms with van der Waals surface area (Å²) in [4.78, 5) is 13.4. The summed E-state index contributed by atoms with van der Waals surface area (Å²) in [5, 5.41) is 0. The Labute approximate surface area is 217 Å². The first kappa shape index (κ1) is 27.1. The van der Waals surface area contributed by atoms with E-state index >= 15 is 0 Å². The van der Waals surface area contributed by atoms with Gasteiger partial charge >= 0.3 is 0 Å². The Bertz CT molecular complexity index is 1170. The summed E-state index contributed by atoms with van der Waals surface area (Å²) in [7, 11) is -1.27. The zero-order chi connectivity index (χ0) is 26.5. The molecule has 0 spiro atoms. The summed E-state index contributed by atoms with van der Waals surface area (Å²) < 4.78 is 52.0. The van der Waals surface area contributed by atoms with Crippen molar-refractivity contribution >= 4 is 15.9 Å². The lowest BCUT2D eigenvalue weighted by atomic mass is 9.80. The van der Waals surface area contributed by atoms with Gasteiger partial charge in [0.2, 0.25) is 0 Å². The molecule has 0 saturated carbocycles. The Balaban J connectivity index is 1.74. The Morgan fingerprint density at radius 2 is 1.24 bits per heavy atom. The second-order valence-corrected chi connectivity index (χ2v) is 10.2. The molecule has 0 amide bonds. The van der Waals surface area contributed by atoms with E-state index in [1.54, 1.807) is 0 Å². The molecule has 196 valence electrons. The van der Waals surface area contributed by atoms with Crippen LogP contribution in [0.1, 0.15) is 16.7 Å². The third-order valence-electron chi connectivity index (χ3n) is 6.23. The van der Waals surface area contributed by atoms with Crippen molar-refractivity contribution in [3.63, 3.8) is 0 Å². The van der Waals surface area contributed by atoms with Gasteiger partial charge in [0.15, 0.2) is 24.3 Å². The van der Waals surface area contributed by atoms with Gasteiger partial charge in [-0.05, 0) is 16.7 Å². The van der Waals surface area contributed by atoms with E-state index in [2.05, 4.69) is 0 Å². The highest BCUT2D eigenvalue weighted by atomic mass is 32.2. The van der Waals surface area contributed by atoms with Crippen molar-refractivity contribution in [3.8, 4) is 0 Å². The third-order valence-corrected chi connectivity index (χ3v) is 6.80. The Hall–Kier alpha value is -2.92. The maximum Gasteiger partial charge on any atom is 0.264 e. The smallest absolute Gasteiger partial charge is 0.264 e. The van der Waals surface area contributed by atoms with Crippen molar-refractivity contribution in [3.05, 3.63) is 108 Å². The molecule has 0 unspecified atom stereocenters. The number of hydrogen-bond acceptors (Lipinski definition) is 8. The van der Waals surface area contributed by atoms with Gasteiger partial charge in [-0.1, -0.05) is 91.0 Å². The van der Waals surface area contributed by atoms with E-state index in [0.29, 0.717) is 0 Å². The van der Waals surface area contributed by atoms with Crippen LogP contribution in [0.4, 0.5) is 0 Å². The summed E-state index contributed by atoms with van der Waals surface area (Å²) in [5.74, 6) is -0.507. The van der Waals surface area contributed by atoms with Crippen LogP contribution in [-0.2, 0) is 43.6 Å². The van der Waals surface area contributed by atoms with E-state index in [1.807, 2.05) is 91.0 Å². The minimum absolute atomic E-state index is 0.164. The fourth-order valence-corrected chi connectivity index (χ4v) is 5.22. The molecule has 1 aliphatic heterocycles. The predicted octanol–water partition coefficient (Wildman–Crippen LogP) is 3.30. The van der Waals surface area contributed by atoms with Gasteiger partial charge in [-0.2, -0.15) is 8.42 Å². The lowest BCUT2D eigenvalue weighted by Crippen LogP contribution is -2.59. The fraction of sp³-hybridized carbons (Fsp3) is 0.321. The maximum absolute atomic E-state index is 13.4. The lowest BCUT2D eigenvalue weighted by Gasteiger charge is -2.41. The molecule has 1 heterocycles. The van der Waals surface area contributed by atoms with Crippen LogP contribution in [0.2, 0.25) is 0 Å². The Morgan fingerprint density at radius 1 is 0.784 bits per heavy atom. The zero-order valence-electron chi connectivity index (χ0n) is 20.9. The van der Waals surface area contributed by atoms with Crippen molar-refractivity contribution in [1.82, 2.24) is 0 Å². The largest absolute Gasteiger partial charge is 0.371 e. The van der Waals surface area contributed by atoms with Crippen molar-refractivity contribution in [2.45, 2.75) is 30.2 Å². The first-order chi connectivity index (χ1) is 17.8. The summed E-state index contributed by atoms with van der Waals surface area (Å²) in [6, 6.07) is 29.1. The second-order valence-electron chi connectivity index (χ2n) is 8.64. The van der Waals surface area contributed by atoms with E-state index in [9.17, 15) is 13.2 Å². The van der Waals surface area contributed by atoms with Gasteiger partial charge in [0.25, 0.3) is 10.1 Å². The monoisotopic (exact) mass is 526 g/mol. The number of hydrogen-bond donors (Lipinski definition) is 0. The van der Waals surface area contributed by atoms with Crippen LogP contribution >= 0.6 is 0 Å². The third kappa shape index (κ3) is 5.82. The number of Topliss-reactive ketones (excluding diaryl/α,β-unsaturated/α-hetero) is 1. The van der Waals surface area contributed by atoms with Gasteiger partial charge in [-0.15, -0.1) is 0 Å². The predicted molar refractivity (Wildman–Crippen MR) is 136 cm³/mol. The van der Waals surface area contributed by atoms with Gasteiger partial charge in [0, 0.05) is 14.2 Å². The molecule has 4 rings (SSSR count). The summed E-state index contributed by atoms with van der Waals surface area (Å²) >= 11 is 0. The molecule has 1 fully saturated rings. The van der Waals surface area contributed by atoms with Crippen LogP contribution in [0, 0.1) is 0 Å². The van der Waals surface area contributed by atoms with Crippen molar-refractivity contribution in [1.29, 1.82) is 0 Å². The molecular weight excluding hydrogens is 496 g/mol. The van der Waals surface area contributed by atoms with E-state index in [0.717, 1.165) is 22.9 Å². The number of carbonyl (C=O) groups is 1. The molecule has 0 aliphatic carbocycles. The topological polar surface area (TPSA) is 97.4 Å². The van der Waals surface area contributed by atoms with Gasteiger partial charge < -0.3 is 18.9 Å². The summed E-state index contributed by atoms with van der Waals surface area (Å²) in [5.41, 5.74) is 1.51. The highest BCUT2D eigenvalue weighted by molar-refractivity contribution is 7.86. The molecule has 8 nitrogen and oxygen atoms in total. The van der Waals surface area contributed by atoms with E-state index in [4.69, 9.17) is 23.1 Å². The quantitative estimate of drug-likeness (QED) is 0.293. The second kappa shape index (κ2) is 11.6. The van der Waals surface area contributed by atoms with E-state index in [-0.39, 0.29) is 6.61 Å². The molecule has 3 aromatic rings. The van der Waals surface area contributed by atoms with Crippen LogP contribution in [-0.4, -0.2) is 65.9 Å². The fourth-order valence-electron chi connectivity index (χ4n) is 4.62. The number of ether oxygens (including phenoxy) is 4. The molecule has 0 aromatic heterocycles. The summed E-state index contributed by atoms with van der Waals surface area (Å²) in [6.45, 7) is -0.164. The van der Waals surface area contributed by atoms with Gasteiger partial charge in [-0.25, -0.2) is 0 Å². The minimum Gasteiger partial charge on any atom is -0.371 e. The molecule has 0 N–H and O–H groups in total. The van der Waals surface area contributed by atoms with Crippen LogP contribution in [0.3, 0.4) is 0 Å². The first-order valence-electron chi connectivity index (χ1n) is 11.7. The molecule has 37 heavy (non-hydrogen) atoms. The SMILES string of the molecule is CO[C@H]1O[C@H](COC(c2ccccc2)(c2ccccc2)c2ccccc2)C(=O)[C@H](OC)[C@H]1OS(C)(=O)=O. The molecule has 9 heteroatoms. The van der Waals surface area contributed by atoms with Crippen LogP contribution < -0.4 is 0 Å². The summed E-state index contributed by atoms with van der Waals surface area (Å²) in [6.07, 6.45) is -3.92. The molecule has 1 aliphatic rings. The molecule has 3 aromatic carbocycles. The highest BCUT2D eigenvalue weighted by Crippen LogP contribution is 2.41. The highest BCUT2D eigenvalue weighted by Gasteiger charge is 2.49.